The first-order chi connectivity index (χ1) is 6.91. The van der Waals surface area contributed by atoms with Crippen molar-refractivity contribution in [2.75, 3.05) is 0 Å². The van der Waals surface area contributed by atoms with E-state index < -0.39 is 10.0 Å². The van der Waals surface area contributed by atoms with Crippen molar-refractivity contribution < 1.29 is 8.42 Å². The van der Waals surface area contributed by atoms with E-state index in [1.54, 1.807) is 6.07 Å². The molecule has 1 aromatic carbocycles. The highest BCUT2D eigenvalue weighted by molar-refractivity contribution is 9.10. The highest BCUT2D eigenvalue weighted by Crippen LogP contribution is 2.30. The number of aryl methyl sites for hydroxylation is 1. The van der Waals surface area contributed by atoms with Crippen LogP contribution in [0.5, 0.6) is 0 Å². The molecule has 0 fully saturated rings. The maximum atomic E-state index is 11.3. The molecule has 80 valence electrons. The lowest BCUT2D eigenvalue weighted by molar-refractivity contribution is 0.594. The second-order valence-corrected chi connectivity index (χ2v) is 5.48. The summed E-state index contributed by atoms with van der Waals surface area (Å²) in [5, 5.41) is 11.8. The zero-order valence-corrected chi connectivity index (χ0v) is 10.2. The second-order valence-electron chi connectivity index (χ2n) is 3.19. The number of aromatic amines is 1. The molecule has 0 amide bonds. The number of sulfonamides is 1. The van der Waals surface area contributed by atoms with Gasteiger partial charge in [0, 0.05) is 4.47 Å². The minimum atomic E-state index is -3.77. The largest absolute Gasteiger partial charge is 0.265 e. The lowest BCUT2D eigenvalue weighted by atomic mass is 10.2. The Balaban J connectivity index is 2.96. The summed E-state index contributed by atoms with van der Waals surface area (Å²) in [5.41, 5.74) is 1.49. The first-order valence-electron chi connectivity index (χ1n) is 4.07. The molecule has 0 radical (unpaired) electrons. The first-order valence-corrected chi connectivity index (χ1v) is 6.41. The number of fused-ring (bicyclic) bond motifs is 1. The van der Waals surface area contributed by atoms with Crippen molar-refractivity contribution >= 4 is 36.9 Å². The Hall–Kier alpha value is -0.920. The third-order valence-electron chi connectivity index (χ3n) is 2.10. The van der Waals surface area contributed by atoms with Crippen LogP contribution in [0.25, 0.3) is 10.9 Å². The number of nitrogens with two attached hydrogens (primary N) is 1. The SMILES string of the molecule is Cc1ccc2n[nH]c(S(N)(=O)=O)c2c1Br. The molecule has 0 unspecified atom stereocenters. The van der Waals surface area contributed by atoms with Crippen LogP contribution in [0.4, 0.5) is 0 Å². The average molecular weight is 290 g/mol. The number of nitrogens with one attached hydrogen (secondary N) is 1. The van der Waals surface area contributed by atoms with Crippen molar-refractivity contribution in [2.24, 2.45) is 5.14 Å². The summed E-state index contributed by atoms with van der Waals surface area (Å²) in [6.07, 6.45) is 0. The highest BCUT2D eigenvalue weighted by atomic mass is 79.9. The monoisotopic (exact) mass is 289 g/mol. The molecule has 0 aliphatic carbocycles. The van der Waals surface area contributed by atoms with Gasteiger partial charge in [-0.2, -0.15) is 5.10 Å². The Labute approximate surface area is 94.8 Å². The number of nitrogens with zero attached hydrogens (tertiary/aromatic N) is 1. The Morgan fingerprint density at radius 2 is 2.13 bits per heavy atom. The number of H-pyrrole nitrogens is 1. The number of benzene rings is 1. The van der Waals surface area contributed by atoms with Crippen molar-refractivity contribution in [2.45, 2.75) is 11.9 Å². The normalized spacial score (nSPS) is 12.2. The second kappa shape index (κ2) is 3.29. The maximum Gasteiger partial charge on any atom is 0.255 e. The Morgan fingerprint density at radius 3 is 2.73 bits per heavy atom. The summed E-state index contributed by atoms with van der Waals surface area (Å²) in [5.74, 6) is 0. The van der Waals surface area contributed by atoms with Gasteiger partial charge in [-0.1, -0.05) is 6.07 Å². The molecule has 0 atom stereocenters. The van der Waals surface area contributed by atoms with Crippen molar-refractivity contribution in [3.05, 3.63) is 22.2 Å². The molecule has 0 aliphatic rings. The van der Waals surface area contributed by atoms with Crippen molar-refractivity contribution in [3.63, 3.8) is 0 Å². The van der Waals surface area contributed by atoms with Crippen LogP contribution in [0.1, 0.15) is 5.56 Å². The summed E-state index contributed by atoms with van der Waals surface area (Å²) >= 11 is 3.32. The fourth-order valence-corrected chi connectivity index (χ4v) is 2.68. The van der Waals surface area contributed by atoms with Gasteiger partial charge in [0.1, 0.15) is 0 Å². The molecule has 5 nitrogen and oxygen atoms in total. The van der Waals surface area contributed by atoms with E-state index in [4.69, 9.17) is 5.14 Å². The predicted octanol–water partition coefficient (Wildman–Crippen LogP) is 1.28. The van der Waals surface area contributed by atoms with Gasteiger partial charge in [-0.05, 0) is 34.5 Å². The molecule has 2 rings (SSSR count). The quantitative estimate of drug-likeness (QED) is 0.829. The summed E-state index contributed by atoms with van der Waals surface area (Å²) in [4.78, 5) is 0. The van der Waals surface area contributed by atoms with Crippen LogP contribution in [-0.2, 0) is 10.0 Å². The third kappa shape index (κ3) is 1.66. The predicted molar refractivity (Wildman–Crippen MR) is 59.9 cm³/mol. The molecule has 7 heteroatoms. The Kier molecular flexibility index (Phi) is 2.32. The van der Waals surface area contributed by atoms with Gasteiger partial charge in [-0.25, -0.2) is 13.6 Å². The standard InChI is InChI=1S/C8H8BrN3O2S/c1-4-2-3-5-6(7(4)9)8(12-11-5)15(10,13)14/h2-3H,1H3,(H,11,12)(H2,10,13,14). The zero-order valence-electron chi connectivity index (χ0n) is 7.78. The van der Waals surface area contributed by atoms with Gasteiger partial charge < -0.3 is 0 Å². The van der Waals surface area contributed by atoms with Gasteiger partial charge in [0.15, 0.2) is 5.03 Å². The molecule has 0 saturated carbocycles. The molecule has 2 aromatic rings. The summed E-state index contributed by atoms with van der Waals surface area (Å²) in [6, 6.07) is 3.58. The lowest BCUT2D eigenvalue weighted by Crippen LogP contribution is -2.13. The van der Waals surface area contributed by atoms with Gasteiger partial charge >= 0.3 is 0 Å². The number of rotatable bonds is 1. The summed E-state index contributed by atoms with van der Waals surface area (Å²) in [7, 11) is -3.77. The molecule has 1 heterocycles. The lowest BCUT2D eigenvalue weighted by Gasteiger charge is -2.00. The number of aromatic nitrogens is 2. The molecule has 15 heavy (non-hydrogen) atoms. The minimum Gasteiger partial charge on any atom is -0.265 e. The average Bonchev–Trinajstić information content (AvgIpc) is 2.54. The first kappa shape index (κ1) is 10.6. The Morgan fingerprint density at radius 1 is 1.47 bits per heavy atom. The van der Waals surface area contributed by atoms with Crippen molar-refractivity contribution in [3.8, 4) is 0 Å². The molecular weight excluding hydrogens is 282 g/mol. The van der Waals surface area contributed by atoms with E-state index in [1.807, 2.05) is 13.0 Å². The fourth-order valence-electron chi connectivity index (χ4n) is 1.35. The zero-order chi connectivity index (χ0) is 11.2. The number of halogens is 1. The van der Waals surface area contributed by atoms with Gasteiger partial charge in [-0.15, -0.1) is 0 Å². The molecule has 0 spiro atoms. The third-order valence-corrected chi connectivity index (χ3v) is 3.99. The van der Waals surface area contributed by atoms with Crippen LogP contribution in [-0.4, -0.2) is 18.6 Å². The van der Waals surface area contributed by atoms with Crippen LogP contribution in [0.2, 0.25) is 0 Å². The fraction of sp³-hybridized carbons (Fsp3) is 0.125. The van der Waals surface area contributed by atoms with Crippen LogP contribution < -0.4 is 5.14 Å². The van der Waals surface area contributed by atoms with Gasteiger partial charge in [0.2, 0.25) is 0 Å². The molecule has 0 saturated heterocycles. The van der Waals surface area contributed by atoms with E-state index >= 15 is 0 Å². The summed E-state index contributed by atoms with van der Waals surface area (Å²) < 4.78 is 23.2. The molecule has 3 N–H and O–H groups in total. The van der Waals surface area contributed by atoms with Crippen LogP contribution >= 0.6 is 15.9 Å². The van der Waals surface area contributed by atoms with Crippen LogP contribution in [0, 0.1) is 6.92 Å². The van der Waals surface area contributed by atoms with Crippen molar-refractivity contribution in [1.82, 2.24) is 10.2 Å². The van der Waals surface area contributed by atoms with E-state index in [0.717, 1.165) is 5.56 Å². The van der Waals surface area contributed by atoms with E-state index in [-0.39, 0.29) is 5.03 Å². The highest BCUT2D eigenvalue weighted by Gasteiger charge is 2.18. The summed E-state index contributed by atoms with van der Waals surface area (Å²) in [6.45, 7) is 1.86. The minimum absolute atomic E-state index is 0.0620. The van der Waals surface area contributed by atoms with E-state index in [0.29, 0.717) is 15.4 Å². The smallest absolute Gasteiger partial charge is 0.255 e. The van der Waals surface area contributed by atoms with Gasteiger partial charge in [0.25, 0.3) is 10.0 Å². The van der Waals surface area contributed by atoms with E-state index in [1.165, 1.54) is 0 Å². The topological polar surface area (TPSA) is 88.8 Å². The van der Waals surface area contributed by atoms with E-state index in [2.05, 4.69) is 26.1 Å². The van der Waals surface area contributed by atoms with Crippen LogP contribution in [0.15, 0.2) is 21.6 Å². The molecule has 0 bridgehead atoms. The molecular formula is C8H8BrN3O2S. The van der Waals surface area contributed by atoms with Gasteiger partial charge in [-0.3, -0.25) is 5.10 Å². The number of hydrogen-bond acceptors (Lipinski definition) is 3. The number of primary sulfonamides is 1. The van der Waals surface area contributed by atoms with Crippen LogP contribution in [0.3, 0.4) is 0 Å². The Bertz CT molecular complexity index is 633. The maximum absolute atomic E-state index is 11.3. The molecule has 1 aromatic heterocycles. The molecule has 0 aliphatic heterocycles. The number of hydrogen-bond donors (Lipinski definition) is 2. The van der Waals surface area contributed by atoms with Crippen molar-refractivity contribution in [1.29, 1.82) is 0 Å². The van der Waals surface area contributed by atoms with E-state index in [9.17, 15) is 8.42 Å². The van der Waals surface area contributed by atoms with Gasteiger partial charge in [0.05, 0.1) is 10.9 Å².